The molecule has 2 aliphatic rings. The molecule has 1 aromatic carbocycles. The standard InChI is InChI=1S/C30H37N3O2S/c1-20-16-23(33-13-5-6-14-33)11-9-21(20)18-32-29-27(28(34)31-19-24-8-7-15-35-24)25-12-10-22(30(2,3)4)17-26(25)36-29/h7-9,11,15-16,18,22H,5-6,10,12-14,17,19H2,1-4H3,(H,31,34)/t22-/m1/s1. The average Bonchev–Trinajstić information content (AvgIpc) is 3.62. The number of amides is 1. The highest BCUT2D eigenvalue weighted by Crippen LogP contribution is 2.45. The van der Waals surface area contributed by atoms with Gasteiger partial charge in [0, 0.05) is 29.9 Å². The molecule has 6 heteroatoms. The highest BCUT2D eigenvalue weighted by Gasteiger charge is 2.33. The number of thiophene rings is 1. The summed E-state index contributed by atoms with van der Waals surface area (Å²) in [5, 5.41) is 3.88. The maximum absolute atomic E-state index is 13.4. The van der Waals surface area contributed by atoms with Crippen LogP contribution in [0, 0.1) is 18.3 Å². The second kappa shape index (κ2) is 10.3. The quantitative estimate of drug-likeness (QED) is 0.366. The maximum atomic E-state index is 13.4. The van der Waals surface area contributed by atoms with Gasteiger partial charge in [-0.2, -0.15) is 0 Å². The predicted molar refractivity (Wildman–Crippen MR) is 149 cm³/mol. The molecule has 190 valence electrons. The summed E-state index contributed by atoms with van der Waals surface area (Å²) in [6.45, 7) is 11.8. The number of carbonyl (C=O) groups excluding carboxylic acids is 1. The van der Waals surface area contributed by atoms with Crippen LogP contribution < -0.4 is 10.2 Å². The molecule has 1 atom stereocenters. The molecular formula is C30H37N3O2S. The van der Waals surface area contributed by atoms with Gasteiger partial charge >= 0.3 is 0 Å². The van der Waals surface area contributed by atoms with E-state index < -0.39 is 0 Å². The van der Waals surface area contributed by atoms with Crippen molar-refractivity contribution < 1.29 is 9.21 Å². The molecule has 0 spiro atoms. The minimum absolute atomic E-state index is 0.0636. The Morgan fingerprint density at radius 1 is 1.25 bits per heavy atom. The van der Waals surface area contributed by atoms with E-state index in [-0.39, 0.29) is 11.3 Å². The number of hydrogen-bond acceptors (Lipinski definition) is 5. The van der Waals surface area contributed by atoms with Gasteiger partial charge < -0.3 is 14.6 Å². The lowest BCUT2D eigenvalue weighted by Gasteiger charge is -2.33. The lowest BCUT2D eigenvalue weighted by molar-refractivity contribution is 0.0947. The lowest BCUT2D eigenvalue weighted by atomic mass is 9.72. The van der Waals surface area contributed by atoms with Crippen LogP contribution in [0.25, 0.3) is 0 Å². The molecule has 5 nitrogen and oxygen atoms in total. The van der Waals surface area contributed by atoms with Crippen molar-refractivity contribution >= 4 is 34.1 Å². The Bertz CT molecular complexity index is 1240. The number of hydrogen-bond donors (Lipinski definition) is 1. The largest absolute Gasteiger partial charge is 0.467 e. The Balaban J connectivity index is 1.43. The zero-order chi connectivity index (χ0) is 25.3. The number of benzene rings is 1. The van der Waals surface area contributed by atoms with Gasteiger partial charge in [-0.15, -0.1) is 11.3 Å². The summed E-state index contributed by atoms with van der Waals surface area (Å²) in [4.78, 5) is 22.1. The van der Waals surface area contributed by atoms with Crippen molar-refractivity contribution in [3.8, 4) is 0 Å². The van der Waals surface area contributed by atoms with E-state index in [1.807, 2.05) is 18.3 Å². The third-order valence-electron chi connectivity index (χ3n) is 7.75. The molecule has 1 N–H and O–H groups in total. The Hall–Kier alpha value is -2.86. The predicted octanol–water partition coefficient (Wildman–Crippen LogP) is 7.08. The molecule has 1 fully saturated rings. The van der Waals surface area contributed by atoms with Crippen LogP contribution in [-0.4, -0.2) is 25.2 Å². The molecule has 5 rings (SSSR count). The Kier molecular flexibility index (Phi) is 7.07. The highest BCUT2D eigenvalue weighted by atomic mass is 32.1. The summed E-state index contributed by atoms with van der Waals surface area (Å²) in [6.07, 6.45) is 9.15. The number of rotatable bonds is 6. The SMILES string of the molecule is Cc1cc(N2CCCC2)ccc1C=Nc1sc2c(c1C(=O)NCc1ccco1)CC[C@@H](C(C)(C)C)C2. The van der Waals surface area contributed by atoms with E-state index in [4.69, 9.17) is 9.41 Å². The van der Waals surface area contributed by atoms with Crippen molar-refractivity contribution in [1.82, 2.24) is 5.32 Å². The van der Waals surface area contributed by atoms with Crippen LogP contribution in [0.15, 0.2) is 46.0 Å². The van der Waals surface area contributed by atoms with Crippen molar-refractivity contribution in [3.63, 3.8) is 0 Å². The highest BCUT2D eigenvalue weighted by molar-refractivity contribution is 7.16. The monoisotopic (exact) mass is 503 g/mol. The maximum Gasteiger partial charge on any atom is 0.255 e. The second-order valence-corrected chi connectivity index (χ2v) is 12.3. The molecule has 1 amide bonds. The first-order chi connectivity index (χ1) is 17.3. The van der Waals surface area contributed by atoms with Gasteiger partial charge in [-0.25, -0.2) is 4.99 Å². The first kappa shape index (κ1) is 24.8. The van der Waals surface area contributed by atoms with Gasteiger partial charge in [-0.3, -0.25) is 4.79 Å². The van der Waals surface area contributed by atoms with E-state index in [0.29, 0.717) is 12.5 Å². The molecule has 0 bridgehead atoms. The number of nitrogens with zero attached hydrogens (tertiary/aromatic N) is 2. The van der Waals surface area contributed by atoms with E-state index in [1.54, 1.807) is 17.6 Å². The fraction of sp³-hybridized carbons (Fsp3) is 0.467. The fourth-order valence-electron chi connectivity index (χ4n) is 5.41. The molecule has 1 aliphatic heterocycles. The van der Waals surface area contributed by atoms with E-state index in [2.05, 4.69) is 56.1 Å². The third-order valence-corrected chi connectivity index (χ3v) is 8.91. The van der Waals surface area contributed by atoms with Crippen LogP contribution in [0.5, 0.6) is 0 Å². The first-order valence-corrected chi connectivity index (χ1v) is 14.0. The lowest BCUT2D eigenvalue weighted by Crippen LogP contribution is -2.28. The molecule has 1 saturated heterocycles. The molecule has 3 aromatic rings. The Labute approximate surface area is 218 Å². The second-order valence-electron chi connectivity index (χ2n) is 11.2. The van der Waals surface area contributed by atoms with Crippen molar-refractivity contribution in [2.45, 2.75) is 66.3 Å². The van der Waals surface area contributed by atoms with Crippen LogP contribution >= 0.6 is 11.3 Å². The number of aliphatic imine (C=N–C) groups is 1. The number of furan rings is 1. The van der Waals surface area contributed by atoms with E-state index >= 15 is 0 Å². The molecular weight excluding hydrogens is 466 g/mol. The summed E-state index contributed by atoms with van der Waals surface area (Å²) in [5.74, 6) is 1.30. The van der Waals surface area contributed by atoms with Gasteiger partial charge in [0.1, 0.15) is 10.8 Å². The zero-order valence-electron chi connectivity index (χ0n) is 21.9. The number of fused-ring (bicyclic) bond motifs is 1. The summed E-state index contributed by atoms with van der Waals surface area (Å²) in [6, 6.07) is 10.3. The van der Waals surface area contributed by atoms with Crippen molar-refractivity contribution in [1.29, 1.82) is 0 Å². The molecule has 0 saturated carbocycles. The number of carbonyl (C=O) groups is 1. The van der Waals surface area contributed by atoms with Gasteiger partial charge in [0.2, 0.25) is 0 Å². The summed E-state index contributed by atoms with van der Waals surface area (Å²) < 4.78 is 5.42. The van der Waals surface area contributed by atoms with Crippen molar-refractivity contribution in [2.75, 3.05) is 18.0 Å². The average molecular weight is 504 g/mol. The van der Waals surface area contributed by atoms with Gasteiger partial charge in [0.05, 0.1) is 18.4 Å². The smallest absolute Gasteiger partial charge is 0.255 e. The summed E-state index contributed by atoms with van der Waals surface area (Å²) in [5.41, 5.74) is 5.78. The van der Waals surface area contributed by atoms with E-state index in [1.165, 1.54) is 34.5 Å². The summed E-state index contributed by atoms with van der Waals surface area (Å²) >= 11 is 1.69. The molecule has 1 aliphatic carbocycles. The summed E-state index contributed by atoms with van der Waals surface area (Å²) in [7, 11) is 0. The Morgan fingerprint density at radius 2 is 2.06 bits per heavy atom. The van der Waals surface area contributed by atoms with Crippen molar-refractivity contribution in [2.24, 2.45) is 16.3 Å². The topological polar surface area (TPSA) is 57.8 Å². The third kappa shape index (κ3) is 5.29. The number of nitrogens with one attached hydrogen (secondary N) is 1. The fourth-order valence-corrected chi connectivity index (χ4v) is 6.68. The van der Waals surface area contributed by atoms with Gasteiger partial charge in [-0.05, 0) is 91.3 Å². The number of anilines is 1. The molecule has 36 heavy (non-hydrogen) atoms. The minimum Gasteiger partial charge on any atom is -0.467 e. The van der Waals surface area contributed by atoms with Crippen LogP contribution in [0.1, 0.15) is 77.7 Å². The van der Waals surface area contributed by atoms with Crippen LogP contribution in [-0.2, 0) is 19.4 Å². The normalized spacial score (nSPS) is 18.1. The van der Waals surface area contributed by atoms with Crippen LogP contribution in [0.2, 0.25) is 0 Å². The molecule has 2 aromatic heterocycles. The van der Waals surface area contributed by atoms with Gasteiger partial charge in [0.25, 0.3) is 5.91 Å². The van der Waals surface area contributed by atoms with Crippen molar-refractivity contribution in [3.05, 3.63) is 69.5 Å². The minimum atomic E-state index is -0.0636. The first-order valence-electron chi connectivity index (χ1n) is 13.1. The van der Waals surface area contributed by atoms with E-state index in [0.717, 1.165) is 54.2 Å². The molecule has 0 radical (unpaired) electrons. The number of aryl methyl sites for hydroxylation is 1. The molecule has 0 unspecified atom stereocenters. The van der Waals surface area contributed by atoms with E-state index in [9.17, 15) is 4.79 Å². The van der Waals surface area contributed by atoms with Gasteiger partial charge in [0.15, 0.2) is 0 Å². The van der Waals surface area contributed by atoms with Crippen LogP contribution in [0.3, 0.4) is 0 Å². The molecule has 3 heterocycles. The zero-order valence-corrected chi connectivity index (χ0v) is 22.7. The Morgan fingerprint density at radius 3 is 2.75 bits per heavy atom. The van der Waals surface area contributed by atoms with Crippen LogP contribution in [0.4, 0.5) is 10.7 Å². The van der Waals surface area contributed by atoms with Gasteiger partial charge in [-0.1, -0.05) is 26.8 Å².